The van der Waals surface area contributed by atoms with Gasteiger partial charge in [0, 0.05) is 18.7 Å². The van der Waals surface area contributed by atoms with Crippen molar-refractivity contribution >= 4 is 43.7 Å². The van der Waals surface area contributed by atoms with Gasteiger partial charge in [-0.3, -0.25) is 4.79 Å². The van der Waals surface area contributed by atoms with Crippen LogP contribution >= 0.6 is 31.9 Å². The van der Waals surface area contributed by atoms with Crippen LogP contribution in [0.15, 0.2) is 49.4 Å². The van der Waals surface area contributed by atoms with Crippen LogP contribution in [0.5, 0.6) is 5.75 Å². The number of carbonyl (C=O) groups is 2. The predicted molar refractivity (Wildman–Crippen MR) is 133 cm³/mol. The van der Waals surface area contributed by atoms with Gasteiger partial charge in [0.1, 0.15) is 5.75 Å². The topological polar surface area (TPSA) is 106 Å². The average molecular weight is 595 g/mol. The minimum absolute atomic E-state index is 0.0375. The number of aromatic nitrogens is 2. The van der Waals surface area contributed by atoms with Crippen molar-refractivity contribution in [1.29, 1.82) is 0 Å². The lowest BCUT2D eigenvalue weighted by atomic mass is 9.88. The highest BCUT2D eigenvalue weighted by molar-refractivity contribution is 9.11. The summed E-state index contributed by atoms with van der Waals surface area (Å²) in [6, 6.07) is 3.37. The molecule has 1 N–H and O–H groups in total. The van der Waals surface area contributed by atoms with E-state index in [0.29, 0.717) is 39.3 Å². The number of allylic oxidation sites excluding steroid dienone is 4. The molecule has 1 aromatic carbocycles. The zero-order valence-corrected chi connectivity index (χ0v) is 21.7. The number of aliphatic carboxylic acids is 1. The van der Waals surface area contributed by atoms with Crippen LogP contribution in [0.4, 0.5) is 0 Å². The van der Waals surface area contributed by atoms with Gasteiger partial charge in [-0.05, 0) is 88.4 Å². The zero-order chi connectivity index (χ0) is 24.1. The van der Waals surface area contributed by atoms with Crippen LogP contribution < -0.4 is 4.74 Å². The lowest BCUT2D eigenvalue weighted by Crippen LogP contribution is -2.38. The first-order valence-electron chi connectivity index (χ1n) is 11.2. The number of carbonyl (C=O) groups excluding carboxylic acids is 1. The molecule has 1 fully saturated rings. The van der Waals surface area contributed by atoms with Gasteiger partial charge in [-0.2, -0.15) is 4.98 Å². The summed E-state index contributed by atoms with van der Waals surface area (Å²) in [6.45, 7) is 0.891. The fourth-order valence-corrected chi connectivity index (χ4v) is 5.65. The average Bonchev–Trinajstić information content (AvgIpc) is 3.17. The third kappa shape index (κ3) is 6.15. The standard InChI is InChI=1S/C24H25Br2N3O5/c25-18-12-17(13-19(26)21(18)33-14-20(30)31)22-27-23(34-28-22)24(32)29-9-7-16(8-10-29)11-15-5-3-1-2-4-6-15/h1-2,5,12-13,16H,3-4,6-11,14H2,(H,30,31). The Hall–Kier alpha value is -2.46. The number of rotatable bonds is 7. The van der Waals surface area contributed by atoms with E-state index in [4.69, 9.17) is 14.4 Å². The summed E-state index contributed by atoms with van der Waals surface area (Å²) in [7, 11) is 0. The molecule has 10 heteroatoms. The van der Waals surface area contributed by atoms with E-state index in [1.807, 2.05) is 0 Å². The number of carboxylic acid groups (broad SMARTS) is 1. The van der Waals surface area contributed by atoms with E-state index in [-0.39, 0.29) is 17.6 Å². The Bertz CT molecular complexity index is 1100. The Morgan fingerprint density at radius 3 is 2.62 bits per heavy atom. The molecule has 0 unspecified atom stereocenters. The maximum Gasteiger partial charge on any atom is 0.341 e. The molecular weight excluding hydrogens is 570 g/mol. The minimum Gasteiger partial charge on any atom is -0.480 e. The number of carboxylic acids is 1. The second kappa shape index (κ2) is 11.3. The molecule has 8 nitrogen and oxygen atoms in total. The van der Waals surface area contributed by atoms with Gasteiger partial charge in [-0.25, -0.2) is 4.79 Å². The number of halogens is 2. The lowest BCUT2D eigenvalue weighted by Gasteiger charge is -2.31. The van der Waals surface area contributed by atoms with Crippen LogP contribution in [-0.2, 0) is 4.79 Å². The maximum absolute atomic E-state index is 12.9. The molecule has 1 aliphatic heterocycles. The van der Waals surface area contributed by atoms with Crippen molar-refractivity contribution in [2.75, 3.05) is 19.7 Å². The second-order valence-electron chi connectivity index (χ2n) is 8.42. The van der Waals surface area contributed by atoms with E-state index in [1.54, 1.807) is 17.0 Å². The summed E-state index contributed by atoms with van der Waals surface area (Å²) in [5.41, 5.74) is 2.13. The number of ether oxygens (including phenoxy) is 1. The molecule has 34 heavy (non-hydrogen) atoms. The molecule has 180 valence electrons. The van der Waals surface area contributed by atoms with Crippen LogP contribution in [0.2, 0.25) is 0 Å². The van der Waals surface area contributed by atoms with Gasteiger partial charge in [0.05, 0.1) is 8.95 Å². The fraction of sp³-hybridized carbons (Fsp3) is 0.417. The van der Waals surface area contributed by atoms with Crippen molar-refractivity contribution in [3.63, 3.8) is 0 Å². The highest BCUT2D eigenvalue weighted by Gasteiger charge is 2.28. The second-order valence-corrected chi connectivity index (χ2v) is 10.1. The van der Waals surface area contributed by atoms with Crippen LogP contribution in [0, 0.1) is 5.92 Å². The number of likely N-dealkylation sites (tertiary alicyclic amines) is 1. The fourth-order valence-electron chi connectivity index (χ4n) is 4.24. The Labute approximate surface area is 214 Å². The van der Waals surface area contributed by atoms with Gasteiger partial charge in [0.25, 0.3) is 0 Å². The Morgan fingerprint density at radius 1 is 1.18 bits per heavy atom. The third-order valence-electron chi connectivity index (χ3n) is 6.00. The highest BCUT2D eigenvalue weighted by Crippen LogP contribution is 2.37. The molecule has 2 aliphatic rings. The molecule has 1 aromatic heterocycles. The molecule has 0 radical (unpaired) electrons. The molecule has 2 heterocycles. The van der Waals surface area contributed by atoms with Crippen molar-refractivity contribution in [2.24, 2.45) is 5.92 Å². The summed E-state index contributed by atoms with van der Waals surface area (Å²) in [5, 5.41) is 12.8. The Morgan fingerprint density at radius 2 is 1.91 bits per heavy atom. The first-order valence-corrected chi connectivity index (χ1v) is 12.8. The Balaban J connectivity index is 1.36. The van der Waals surface area contributed by atoms with Crippen molar-refractivity contribution in [1.82, 2.24) is 15.0 Å². The van der Waals surface area contributed by atoms with Crippen molar-refractivity contribution in [3.05, 3.63) is 50.8 Å². The quantitative estimate of drug-likeness (QED) is 0.414. The maximum atomic E-state index is 12.9. The monoisotopic (exact) mass is 593 g/mol. The number of nitrogens with zero attached hydrogens (tertiary/aromatic N) is 3. The van der Waals surface area contributed by atoms with Crippen molar-refractivity contribution in [3.8, 4) is 17.1 Å². The van der Waals surface area contributed by atoms with Gasteiger partial charge < -0.3 is 19.3 Å². The largest absolute Gasteiger partial charge is 0.480 e. The summed E-state index contributed by atoms with van der Waals surface area (Å²) < 4.78 is 11.6. The van der Waals surface area contributed by atoms with E-state index >= 15 is 0 Å². The minimum atomic E-state index is -1.08. The van der Waals surface area contributed by atoms with E-state index in [9.17, 15) is 9.59 Å². The van der Waals surface area contributed by atoms with Gasteiger partial charge in [-0.15, -0.1) is 0 Å². The first kappa shape index (κ1) is 24.7. The zero-order valence-electron chi connectivity index (χ0n) is 18.5. The molecule has 2 aromatic rings. The van der Waals surface area contributed by atoms with Gasteiger partial charge >= 0.3 is 17.8 Å². The number of benzene rings is 1. The van der Waals surface area contributed by atoms with Crippen molar-refractivity contribution < 1.29 is 24.0 Å². The van der Waals surface area contributed by atoms with Crippen LogP contribution in [0.25, 0.3) is 11.4 Å². The summed E-state index contributed by atoms with van der Waals surface area (Å²) in [6.07, 6.45) is 13.2. The third-order valence-corrected chi connectivity index (χ3v) is 7.18. The van der Waals surface area contributed by atoms with Gasteiger partial charge in [0.15, 0.2) is 6.61 Å². The SMILES string of the molecule is O=C(O)COc1c(Br)cc(-c2noc(C(=O)N3CCC(CC4=CCC=CCC4)CC3)n2)cc1Br. The summed E-state index contributed by atoms with van der Waals surface area (Å²) >= 11 is 6.74. The molecule has 4 rings (SSSR count). The van der Waals surface area contributed by atoms with Crippen molar-refractivity contribution in [2.45, 2.75) is 38.5 Å². The summed E-state index contributed by atoms with van der Waals surface area (Å²) in [4.78, 5) is 29.8. The molecule has 0 bridgehead atoms. The molecule has 1 aliphatic carbocycles. The smallest absolute Gasteiger partial charge is 0.341 e. The van der Waals surface area contributed by atoms with E-state index in [1.165, 1.54) is 5.57 Å². The van der Waals surface area contributed by atoms with Gasteiger partial charge in [-0.1, -0.05) is 29.0 Å². The van der Waals surface area contributed by atoms with E-state index in [0.717, 1.165) is 38.5 Å². The first-order chi connectivity index (χ1) is 16.4. The van der Waals surface area contributed by atoms with E-state index < -0.39 is 12.6 Å². The normalized spacial score (nSPS) is 16.8. The summed E-state index contributed by atoms with van der Waals surface area (Å²) in [5.74, 6) is -0.155. The highest BCUT2D eigenvalue weighted by atomic mass is 79.9. The molecule has 0 spiro atoms. The molecule has 0 saturated carbocycles. The number of amides is 1. The number of hydrogen-bond acceptors (Lipinski definition) is 6. The van der Waals surface area contributed by atoms with Crippen LogP contribution in [-0.4, -0.2) is 51.7 Å². The molecular formula is C24H25Br2N3O5. The van der Waals surface area contributed by atoms with Gasteiger partial charge in [0.2, 0.25) is 5.82 Å². The van der Waals surface area contributed by atoms with E-state index in [2.05, 4.69) is 60.2 Å². The molecule has 1 amide bonds. The van der Waals surface area contributed by atoms with Crippen LogP contribution in [0.1, 0.15) is 49.2 Å². The predicted octanol–water partition coefficient (Wildman–Crippen LogP) is 5.63. The number of piperidine rings is 1. The lowest BCUT2D eigenvalue weighted by molar-refractivity contribution is -0.139. The number of hydrogen-bond donors (Lipinski definition) is 1. The Kier molecular flexibility index (Phi) is 8.20. The molecule has 1 saturated heterocycles. The molecule has 0 atom stereocenters. The van der Waals surface area contributed by atoms with Crippen LogP contribution in [0.3, 0.4) is 0 Å².